The molecule has 1 fully saturated rings. The number of rotatable bonds is 7. The van der Waals surface area contributed by atoms with E-state index in [1.165, 1.54) is 6.20 Å². The Morgan fingerprint density at radius 3 is 2.87 bits per heavy atom. The number of aromatic amines is 1. The fourth-order valence-corrected chi connectivity index (χ4v) is 4.74. The molecular weight excluding hydrogens is 518 g/mol. The van der Waals surface area contributed by atoms with E-state index in [9.17, 15) is 9.59 Å². The number of H-pyrrole nitrogens is 1. The Balaban J connectivity index is 1.27. The van der Waals surface area contributed by atoms with Crippen LogP contribution in [-0.4, -0.2) is 66.1 Å². The molecule has 0 saturated carbocycles. The highest BCUT2D eigenvalue weighted by molar-refractivity contribution is 6.31. The van der Waals surface area contributed by atoms with Gasteiger partial charge in [0.25, 0.3) is 5.91 Å². The summed E-state index contributed by atoms with van der Waals surface area (Å²) in [6.07, 6.45) is 5.58. The van der Waals surface area contributed by atoms with Crippen molar-refractivity contribution in [3.05, 3.63) is 71.3 Å². The molecule has 1 aromatic carbocycles. The van der Waals surface area contributed by atoms with Crippen LogP contribution in [0, 0.1) is 17.2 Å². The van der Waals surface area contributed by atoms with Gasteiger partial charge in [-0.1, -0.05) is 17.7 Å². The van der Waals surface area contributed by atoms with Gasteiger partial charge in [-0.3, -0.25) is 19.3 Å². The van der Waals surface area contributed by atoms with Crippen molar-refractivity contribution >= 4 is 45.5 Å². The molecule has 0 radical (unpaired) electrons. The fraction of sp³-hybridized carbons (Fsp3) is 0.222. The van der Waals surface area contributed by atoms with E-state index in [0.29, 0.717) is 53.6 Å². The minimum Gasteiger partial charge on any atom is -0.344 e. The van der Waals surface area contributed by atoms with E-state index in [4.69, 9.17) is 26.9 Å². The number of carbonyl (C=O) groups is 2. The lowest BCUT2D eigenvalue weighted by atomic mass is 10.0. The molecular formula is C27H22ClN9O2. The Kier molecular flexibility index (Phi) is 6.38. The number of pyridine rings is 1. The van der Waals surface area contributed by atoms with Crippen molar-refractivity contribution in [2.24, 2.45) is 5.92 Å². The molecule has 0 bridgehead atoms. The van der Waals surface area contributed by atoms with Gasteiger partial charge in [0.1, 0.15) is 16.9 Å². The van der Waals surface area contributed by atoms with Crippen molar-refractivity contribution in [3.8, 4) is 17.5 Å². The Morgan fingerprint density at radius 1 is 1.21 bits per heavy atom. The van der Waals surface area contributed by atoms with Crippen LogP contribution in [0.2, 0.25) is 5.02 Å². The predicted octanol–water partition coefficient (Wildman–Crippen LogP) is 2.98. The highest BCUT2D eigenvalue weighted by atomic mass is 35.5. The van der Waals surface area contributed by atoms with Crippen molar-refractivity contribution in [2.75, 3.05) is 19.6 Å². The molecule has 0 aliphatic carbocycles. The summed E-state index contributed by atoms with van der Waals surface area (Å²) >= 11 is 6.31. The topological polar surface area (TPSA) is 145 Å². The summed E-state index contributed by atoms with van der Waals surface area (Å²) in [5.74, 6) is -0.823. The summed E-state index contributed by atoms with van der Waals surface area (Å²) < 4.78 is 1.88. The van der Waals surface area contributed by atoms with Crippen LogP contribution in [0.1, 0.15) is 16.1 Å². The van der Waals surface area contributed by atoms with E-state index in [-0.39, 0.29) is 23.9 Å². The van der Waals surface area contributed by atoms with Crippen LogP contribution in [0.15, 0.2) is 55.0 Å². The van der Waals surface area contributed by atoms with Crippen molar-refractivity contribution < 1.29 is 9.59 Å². The van der Waals surface area contributed by atoms with Gasteiger partial charge in [-0.25, -0.2) is 9.97 Å². The maximum Gasteiger partial charge on any atom is 0.255 e. The predicted molar refractivity (Wildman–Crippen MR) is 144 cm³/mol. The number of aryl methyl sites for hydroxylation is 2. The van der Waals surface area contributed by atoms with Crippen LogP contribution in [-0.2, 0) is 17.8 Å². The summed E-state index contributed by atoms with van der Waals surface area (Å²) in [5, 5.41) is 17.8. The van der Waals surface area contributed by atoms with Gasteiger partial charge in [0.2, 0.25) is 5.91 Å². The summed E-state index contributed by atoms with van der Waals surface area (Å²) in [6, 6.07) is 13.5. The molecule has 6 rings (SSSR count). The number of nitrogens with zero attached hydrogens (tertiary/aromatic N) is 7. The molecule has 5 heterocycles. The first-order valence-electron chi connectivity index (χ1n) is 12.4. The number of hydrogen-bond donors (Lipinski definition) is 2. The number of nitriles is 1. The second-order valence-corrected chi connectivity index (χ2v) is 9.70. The maximum absolute atomic E-state index is 12.9. The van der Waals surface area contributed by atoms with Gasteiger partial charge in [-0.15, -0.1) is 0 Å². The molecule has 194 valence electrons. The molecule has 0 unspecified atom stereocenters. The minimum atomic E-state index is -0.448. The van der Waals surface area contributed by atoms with Gasteiger partial charge in [0, 0.05) is 54.6 Å². The lowest BCUT2D eigenvalue weighted by Crippen LogP contribution is -2.52. The number of likely N-dealkylation sites (tertiary alicyclic amines) is 1. The molecule has 2 N–H and O–H groups in total. The average molecular weight is 540 g/mol. The molecule has 0 spiro atoms. The molecule has 5 aromatic rings. The number of nitrogens with one attached hydrogen (secondary N) is 2. The second kappa shape index (κ2) is 10.2. The average Bonchev–Trinajstić information content (AvgIpc) is 3.51. The monoisotopic (exact) mass is 539 g/mol. The summed E-state index contributed by atoms with van der Waals surface area (Å²) in [5.41, 5.74) is 4.00. The number of hydrogen-bond acceptors (Lipinski definition) is 7. The summed E-state index contributed by atoms with van der Waals surface area (Å²) in [4.78, 5) is 43.3. The molecule has 0 atom stereocenters. The molecule has 4 aromatic heterocycles. The van der Waals surface area contributed by atoms with Crippen LogP contribution in [0.4, 0.5) is 0 Å². The molecule has 1 saturated heterocycles. The normalized spacial score (nSPS) is 13.4. The van der Waals surface area contributed by atoms with Gasteiger partial charge in [-0.2, -0.15) is 10.4 Å². The van der Waals surface area contributed by atoms with Crippen molar-refractivity contribution in [3.63, 3.8) is 0 Å². The standard InChI is InChI=1S/C27H22ClN9O2/c28-17-4-5-19-22(9-17)37(8-6-18-3-1-2-7-30-18)35-24(19)21-12-32-26-25(34-21)20(11-31-26)27(39)33-13-23(38)36-14-16(10-29)15-36/h1-5,7,9,11-12,16H,6,8,13-15H2,(H,31,32)(H,33,39). The van der Waals surface area contributed by atoms with E-state index in [1.807, 2.05) is 35.0 Å². The zero-order chi connectivity index (χ0) is 26.9. The highest BCUT2D eigenvalue weighted by Gasteiger charge is 2.30. The van der Waals surface area contributed by atoms with Crippen molar-refractivity contribution in [1.29, 1.82) is 5.26 Å². The lowest BCUT2D eigenvalue weighted by Gasteiger charge is -2.35. The zero-order valence-electron chi connectivity index (χ0n) is 20.6. The van der Waals surface area contributed by atoms with E-state index in [2.05, 4.69) is 26.3 Å². The number of halogens is 1. The Morgan fingerprint density at radius 2 is 2.08 bits per heavy atom. The fourth-order valence-electron chi connectivity index (χ4n) is 4.58. The molecule has 1 aliphatic rings. The number of aromatic nitrogens is 6. The van der Waals surface area contributed by atoms with Crippen LogP contribution >= 0.6 is 11.6 Å². The molecule has 1 aliphatic heterocycles. The summed E-state index contributed by atoms with van der Waals surface area (Å²) in [7, 11) is 0. The van der Waals surface area contributed by atoms with E-state index in [0.717, 1.165) is 16.6 Å². The number of fused-ring (bicyclic) bond motifs is 2. The zero-order valence-corrected chi connectivity index (χ0v) is 21.4. The maximum atomic E-state index is 12.9. The quantitative estimate of drug-likeness (QED) is 0.323. The Labute approximate surface area is 227 Å². The van der Waals surface area contributed by atoms with Crippen LogP contribution in [0.25, 0.3) is 33.5 Å². The van der Waals surface area contributed by atoms with Gasteiger partial charge in [-0.05, 0) is 30.3 Å². The van der Waals surface area contributed by atoms with Crippen LogP contribution in [0.3, 0.4) is 0 Å². The van der Waals surface area contributed by atoms with Gasteiger partial charge < -0.3 is 15.2 Å². The van der Waals surface area contributed by atoms with Gasteiger partial charge in [0.15, 0.2) is 5.65 Å². The van der Waals surface area contributed by atoms with E-state index < -0.39 is 5.91 Å². The first kappa shape index (κ1) is 24.5. The third kappa shape index (κ3) is 4.78. The Hall–Kier alpha value is -4.82. The molecule has 39 heavy (non-hydrogen) atoms. The first-order chi connectivity index (χ1) is 19.0. The largest absolute Gasteiger partial charge is 0.344 e. The van der Waals surface area contributed by atoms with Crippen LogP contribution < -0.4 is 5.32 Å². The van der Waals surface area contributed by atoms with Gasteiger partial charge >= 0.3 is 0 Å². The second-order valence-electron chi connectivity index (χ2n) is 9.27. The highest BCUT2D eigenvalue weighted by Crippen LogP contribution is 2.30. The number of amides is 2. The Bertz CT molecular complexity index is 1750. The first-order valence-corrected chi connectivity index (χ1v) is 12.7. The van der Waals surface area contributed by atoms with Crippen molar-refractivity contribution in [2.45, 2.75) is 13.0 Å². The van der Waals surface area contributed by atoms with E-state index in [1.54, 1.807) is 23.4 Å². The molecule has 11 nitrogen and oxygen atoms in total. The van der Waals surface area contributed by atoms with E-state index >= 15 is 0 Å². The molecule has 2 amide bonds. The minimum absolute atomic E-state index is 0.141. The number of carbonyl (C=O) groups excluding carboxylic acids is 2. The van der Waals surface area contributed by atoms with Crippen LogP contribution in [0.5, 0.6) is 0 Å². The van der Waals surface area contributed by atoms with Crippen molar-refractivity contribution in [1.82, 2.24) is 39.9 Å². The third-order valence-electron chi connectivity index (χ3n) is 6.70. The smallest absolute Gasteiger partial charge is 0.255 e. The summed E-state index contributed by atoms with van der Waals surface area (Å²) in [6.45, 7) is 1.20. The molecule has 12 heteroatoms. The third-order valence-corrected chi connectivity index (χ3v) is 6.94. The number of benzene rings is 1. The van der Waals surface area contributed by atoms with Gasteiger partial charge in [0.05, 0.1) is 35.8 Å². The SMILES string of the molecule is N#CC1CN(C(=O)CNC(=O)c2c[nH]c3ncc(-c4nn(CCc5ccccn5)c5cc(Cl)ccc45)nc23)C1. The lowest BCUT2D eigenvalue weighted by molar-refractivity contribution is -0.135.